The van der Waals surface area contributed by atoms with Crippen LogP contribution in [0.15, 0.2) is 45.8 Å². The van der Waals surface area contributed by atoms with E-state index < -0.39 is 17.2 Å². The Kier molecular flexibility index (Phi) is 4.29. The van der Waals surface area contributed by atoms with Gasteiger partial charge in [-0.3, -0.25) is 9.36 Å². The molecular formula is C17H7F2N3O2S. The summed E-state index contributed by atoms with van der Waals surface area (Å²) in [7, 11) is 0. The van der Waals surface area contributed by atoms with E-state index in [4.69, 9.17) is 14.9 Å². The van der Waals surface area contributed by atoms with Crippen molar-refractivity contribution in [2.75, 3.05) is 0 Å². The highest BCUT2D eigenvalue weighted by Gasteiger charge is 2.15. The summed E-state index contributed by atoms with van der Waals surface area (Å²) in [5.41, 5.74) is -1.26. The average Bonchev–Trinajstić information content (AvgIpc) is 3.19. The fourth-order valence-corrected chi connectivity index (χ4v) is 3.18. The lowest BCUT2D eigenvalue weighted by molar-refractivity contribution is 0.556. The van der Waals surface area contributed by atoms with Crippen molar-refractivity contribution < 1.29 is 13.2 Å². The lowest BCUT2D eigenvalue weighted by Crippen LogP contribution is -2.31. The molecule has 2 heterocycles. The van der Waals surface area contributed by atoms with Gasteiger partial charge in [-0.05, 0) is 24.3 Å². The Labute approximate surface area is 143 Å². The number of hydrogen-bond donors (Lipinski definition) is 0. The lowest BCUT2D eigenvalue weighted by atomic mass is 10.3. The van der Waals surface area contributed by atoms with Gasteiger partial charge in [-0.15, -0.1) is 11.3 Å². The van der Waals surface area contributed by atoms with Gasteiger partial charge in [0.1, 0.15) is 34.2 Å². The van der Waals surface area contributed by atoms with Gasteiger partial charge < -0.3 is 4.42 Å². The zero-order valence-corrected chi connectivity index (χ0v) is 13.2. The van der Waals surface area contributed by atoms with Gasteiger partial charge in [-0.25, -0.2) is 8.78 Å². The van der Waals surface area contributed by atoms with E-state index in [9.17, 15) is 13.6 Å². The maximum Gasteiger partial charge on any atom is 0.273 e. The number of thiazole rings is 1. The van der Waals surface area contributed by atoms with Crippen molar-refractivity contribution in [3.63, 3.8) is 0 Å². The third kappa shape index (κ3) is 2.99. The number of benzene rings is 1. The number of nitrogens with zero attached hydrogens (tertiary/aromatic N) is 3. The molecule has 3 rings (SSSR count). The molecule has 0 spiro atoms. The molecule has 0 N–H and O–H groups in total. The molecule has 3 aromatic rings. The first kappa shape index (κ1) is 16.4. The van der Waals surface area contributed by atoms with E-state index in [1.807, 2.05) is 0 Å². The number of hydrogen-bond acceptors (Lipinski definition) is 5. The first-order valence-corrected chi connectivity index (χ1v) is 7.64. The molecule has 0 saturated heterocycles. The molecule has 122 valence electrons. The third-order valence-electron chi connectivity index (χ3n) is 3.23. The first-order valence-electron chi connectivity index (χ1n) is 6.82. The van der Waals surface area contributed by atoms with Crippen LogP contribution in [0.2, 0.25) is 0 Å². The summed E-state index contributed by atoms with van der Waals surface area (Å²) in [5, 5.41) is 18.2. The number of aromatic nitrogens is 1. The molecule has 0 atom stereocenters. The van der Waals surface area contributed by atoms with Crippen LogP contribution in [0.25, 0.3) is 17.3 Å². The van der Waals surface area contributed by atoms with Gasteiger partial charge in [-0.1, -0.05) is 0 Å². The van der Waals surface area contributed by atoms with Crippen molar-refractivity contribution in [1.29, 1.82) is 10.5 Å². The Hall–Kier alpha value is -3.49. The average molecular weight is 355 g/mol. The molecule has 2 aromatic heterocycles. The molecule has 0 fully saturated rings. The Balaban J connectivity index is 2.45. The third-order valence-corrected chi connectivity index (χ3v) is 4.32. The largest absolute Gasteiger partial charge is 0.465 e. The molecule has 0 unspecified atom stereocenters. The number of furan rings is 1. The zero-order chi connectivity index (χ0) is 18.0. The Bertz CT molecular complexity index is 1190. The molecule has 0 aliphatic rings. The minimum atomic E-state index is -0.985. The smallest absolute Gasteiger partial charge is 0.273 e. The van der Waals surface area contributed by atoms with Crippen LogP contribution in [0.3, 0.4) is 0 Å². The Morgan fingerprint density at radius 2 is 2.00 bits per heavy atom. The highest BCUT2D eigenvalue weighted by atomic mass is 32.1. The van der Waals surface area contributed by atoms with Gasteiger partial charge in [-0.2, -0.15) is 10.5 Å². The highest BCUT2D eigenvalue weighted by molar-refractivity contribution is 7.07. The van der Waals surface area contributed by atoms with Crippen LogP contribution < -0.4 is 14.8 Å². The minimum Gasteiger partial charge on any atom is -0.465 e. The van der Waals surface area contributed by atoms with E-state index in [2.05, 4.69) is 0 Å². The van der Waals surface area contributed by atoms with E-state index in [-0.39, 0.29) is 20.5 Å². The first-order chi connectivity index (χ1) is 12.0. The van der Waals surface area contributed by atoms with Crippen LogP contribution in [0.1, 0.15) is 5.76 Å². The van der Waals surface area contributed by atoms with E-state index in [0.717, 1.165) is 28.0 Å². The molecule has 0 aliphatic heterocycles. The number of halogens is 2. The molecule has 1 aromatic carbocycles. The normalized spacial score (nSPS) is 11.1. The fraction of sp³-hybridized carbons (Fsp3) is 0. The van der Waals surface area contributed by atoms with Crippen LogP contribution in [0.4, 0.5) is 8.78 Å². The van der Waals surface area contributed by atoms with Gasteiger partial charge in [0.2, 0.25) is 0 Å². The van der Waals surface area contributed by atoms with Gasteiger partial charge in [0.25, 0.3) is 5.56 Å². The monoisotopic (exact) mass is 355 g/mol. The molecule has 0 radical (unpaired) electrons. The summed E-state index contributed by atoms with van der Waals surface area (Å²) in [4.78, 5) is 12.7. The summed E-state index contributed by atoms with van der Waals surface area (Å²) >= 11 is 0.842. The van der Waals surface area contributed by atoms with E-state index in [1.54, 1.807) is 24.3 Å². The van der Waals surface area contributed by atoms with Crippen molar-refractivity contribution in [3.8, 4) is 17.8 Å². The molecule has 0 bridgehead atoms. The van der Waals surface area contributed by atoms with Gasteiger partial charge >= 0.3 is 0 Å². The van der Waals surface area contributed by atoms with Crippen LogP contribution >= 0.6 is 11.3 Å². The SMILES string of the molecule is N#CC(C#N)=c1s/c(=C/c2ccco2)c(=O)n1-c1ccc(F)cc1F. The van der Waals surface area contributed by atoms with Crippen molar-refractivity contribution in [3.05, 3.63) is 73.5 Å². The van der Waals surface area contributed by atoms with Crippen LogP contribution in [-0.4, -0.2) is 4.57 Å². The van der Waals surface area contributed by atoms with Crippen molar-refractivity contribution in [2.24, 2.45) is 0 Å². The minimum absolute atomic E-state index is 0.0432. The van der Waals surface area contributed by atoms with Gasteiger partial charge in [0, 0.05) is 12.1 Å². The summed E-state index contributed by atoms with van der Waals surface area (Å²) < 4.78 is 33.4. The number of rotatable bonds is 2. The second kappa shape index (κ2) is 6.56. The van der Waals surface area contributed by atoms with Crippen molar-refractivity contribution in [1.82, 2.24) is 4.57 Å². The quantitative estimate of drug-likeness (QED) is 0.702. The van der Waals surface area contributed by atoms with Crippen LogP contribution in [0.5, 0.6) is 0 Å². The molecule has 8 heteroatoms. The molecule has 0 saturated carbocycles. The topological polar surface area (TPSA) is 82.7 Å². The Morgan fingerprint density at radius 1 is 1.24 bits per heavy atom. The van der Waals surface area contributed by atoms with E-state index in [1.165, 1.54) is 12.3 Å². The van der Waals surface area contributed by atoms with E-state index in [0.29, 0.717) is 11.8 Å². The molecule has 25 heavy (non-hydrogen) atoms. The molecule has 5 nitrogen and oxygen atoms in total. The van der Waals surface area contributed by atoms with Crippen molar-refractivity contribution in [2.45, 2.75) is 0 Å². The van der Waals surface area contributed by atoms with Crippen LogP contribution in [-0.2, 0) is 0 Å². The zero-order valence-electron chi connectivity index (χ0n) is 12.4. The molecular weight excluding hydrogens is 348 g/mol. The lowest BCUT2D eigenvalue weighted by Gasteiger charge is -2.03. The van der Waals surface area contributed by atoms with Crippen molar-refractivity contribution >= 4 is 23.0 Å². The second-order valence-electron chi connectivity index (χ2n) is 4.77. The predicted octanol–water partition coefficient (Wildman–Crippen LogP) is 1.80. The summed E-state index contributed by atoms with van der Waals surface area (Å²) in [6.07, 6.45) is 2.83. The Morgan fingerprint density at radius 3 is 2.60 bits per heavy atom. The van der Waals surface area contributed by atoms with Crippen LogP contribution in [0, 0.1) is 34.3 Å². The van der Waals surface area contributed by atoms with E-state index >= 15 is 0 Å². The maximum atomic E-state index is 14.2. The molecule has 0 aliphatic carbocycles. The predicted molar refractivity (Wildman–Crippen MR) is 86.0 cm³/mol. The van der Waals surface area contributed by atoms with Gasteiger partial charge in [0.15, 0.2) is 5.57 Å². The highest BCUT2D eigenvalue weighted by Crippen LogP contribution is 2.12. The standard InChI is InChI=1S/C17H7F2N3O2S/c18-11-3-4-14(13(19)6-11)22-16(23)15(7-12-2-1-5-24-12)25-17(22)10(8-20)9-21/h1-7H/b15-7+. The fourth-order valence-electron chi connectivity index (χ4n) is 2.15. The number of nitriles is 2. The second-order valence-corrected chi connectivity index (χ2v) is 5.80. The summed E-state index contributed by atoms with van der Waals surface area (Å²) in [6.45, 7) is 0. The summed E-state index contributed by atoms with van der Waals surface area (Å²) in [6, 6.07) is 9.28. The molecule has 0 amide bonds. The summed E-state index contributed by atoms with van der Waals surface area (Å²) in [5.74, 6) is -1.41. The van der Waals surface area contributed by atoms with Gasteiger partial charge in [0.05, 0.1) is 16.5 Å². The maximum absolute atomic E-state index is 14.2.